The zero-order valence-corrected chi connectivity index (χ0v) is 13.7. The van der Waals surface area contributed by atoms with Crippen LogP contribution < -0.4 is 0 Å². The highest BCUT2D eigenvalue weighted by Gasteiger charge is 2.29. The van der Waals surface area contributed by atoms with Crippen LogP contribution in [-0.4, -0.2) is 10.8 Å². The monoisotopic (exact) mass is 329 g/mol. The Morgan fingerprint density at radius 1 is 0.875 bits per heavy atom. The Kier molecular flexibility index (Phi) is 4.01. The number of aromatic nitrogens is 1. The number of ketones is 1. The van der Waals surface area contributed by atoms with Crippen LogP contribution >= 0.6 is 11.8 Å². The predicted octanol–water partition coefficient (Wildman–Crippen LogP) is 5.19. The number of Topliss-reactive ketones (excluding diaryl/α,β-unsaturated/α-hetero) is 1. The molecule has 0 amide bonds. The Bertz CT molecular complexity index is 903. The van der Waals surface area contributed by atoms with Crippen molar-refractivity contribution in [3.8, 4) is 0 Å². The van der Waals surface area contributed by atoms with E-state index in [4.69, 9.17) is 0 Å². The molecule has 0 fully saturated rings. The van der Waals surface area contributed by atoms with E-state index in [-0.39, 0.29) is 11.0 Å². The van der Waals surface area contributed by atoms with Gasteiger partial charge in [-0.15, -0.1) is 11.8 Å². The van der Waals surface area contributed by atoms with Crippen LogP contribution in [0.5, 0.6) is 0 Å². The zero-order valence-electron chi connectivity index (χ0n) is 12.9. The molecule has 116 valence electrons. The van der Waals surface area contributed by atoms with Gasteiger partial charge in [0.25, 0.3) is 0 Å². The van der Waals surface area contributed by atoms with Gasteiger partial charge in [0.1, 0.15) is 0 Å². The third-order valence-electron chi connectivity index (χ3n) is 4.01. The van der Waals surface area contributed by atoms with Crippen LogP contribution in [0.3, 0.4) is 0 Å². The summed E-state index contributed by atoms with van der Waals surface area (Å²) < 4.78 is 0. The molecule has 2 heterocycles. The standard InChI is InChI=1S/C21H15NOS/c23-20(15-8-2-1-3-9-15)17-14-16-10-4-5-12-19(16)24-21(17)18-11-6-7-13-22-18/h1-14,21H. The third kappa shape index (κ3) is 2.79. The van der Waals surface area contributed by atoms with E-state index in [1.165, 1.54) is 4.90 Å². The molecule has 3 heteroatoms. The first kappa shape index (κ1) is 14.9. The average molecular weight is 329 g/mol. The smallest absolute Gasteiger partial charge is 0.190 e. The van der Waals surface area contributed by atoms with Crippen LogP contribution in [0, 0.1) is 0 Å². The molecule has 4 rings (SSSR count). The fourth-order valence-corrected chi connectivity index (χ4v) is 4.07. The summed E-state index contributed by atoms with van der Waals surface area (Å²) in [6.07, 6.45) is 3.79. The highest BCUT2D eigenvalue weighted by atomic mass is 32.2. The number of hydrogen-bond donors (Lipinski definition) is 0. The Hall–Kier alpha value is -2.65. The van der Waals surface area contributed by atoms with Gasteiger partial charge in [-0.1, -0.05) is 54.6 Å². The van der Waals surface area contributed by atoms with E-state index in [1.807, 2.05) is 66.7 Å². The van der Waals surface area contributed by atoms with Crippen molar-refractivity contribution in [1.82, 2.24) is 4.98 Å². The Balaban J connectivity index is 1.83. The predicted molar refractivity (Wildman–Crippen MR) is 98.0 cm³/mol. The van der Waals surface area contributed by atoms with Crippen molar-refractivity contribution < 1.29 is 4.79 Å². The van der Waals surface area contributed by atoms with Crippen LogP contribution in [0.25, 0.3) is 6.08 Å². The zero-order chi connectivity index (χ0) is 16.4. The molecule has 1 aliphatic rings. The molecule has 1 aromatic heterocycles. The molecule has 1 atom stereocenters. The fraction of sp³-hybridized carbons (Fsp3) is 0.0476. The first-order valence-corrected chi connectivity index (χ1v) is 8.69. The fourth-order valence-electron chi connectivity index (χ4n) is 2.83. The van der Waals surface area contributed by atoms with Gasteiger partial charge in [-0.25, -0.2) is 0 Å². The minimum absolute atomic E-state index is 0.0632. The van der Waals surface area contributed by atoms with Crippen molar-refractivity contribution in [2.75, 3.05) is 0 Å². The second kappa shape index (κ2) is 6.46. The lowest BCUT2D eigenvalue weighted by Gasteiger charge is -2.24. The summed E-state index contributed by atoms with van der Waals surface area (Å²) >= 11 is 1.69. The van der Waals surface area contributed by atoms with E-state index in [1.54, 1.807) is 18.0 Å². The minimum Gasteiger partial charge on any atom is -0.289 e. The van der Waals surface area contributed by atoms with Crippen molar-refractivity contribution in [3.05, 3.63) is 101 Å². The van der Waals surface area contributed by atoms with Crippen molar-refractivity contribution in [2.24, 2.45) is 0 Å². The Morgan fingerprint density at radius 3 is 2.42 bits per heavy atom. The van der Waals surface area contributed by atoms with Gasteiger partial charge in [-0.3, -0.25) is 9.78 Å². The number of pyridine rings is 1. The van der Waals surface area contributed by atoms with Gasteiger partial charge in [0.05, 0.1) is 10.9 Å². The van der Waals surface area contributed by atoms with Gasteiger partial charge < -0.3 is 0 Å². The van der Waals surface area contributed by atoms with Crippen LogP contribution in [-0.2, 0) is 0 Å². The molecule has 0 spiro atoms. The molecule has 24 heavy (non-hydrogen) atoms. The van der Waals surface area contributed by atoms with Crippen LogP contribution in [0.2, 0.25) is 0 Å². The van der Waals surface area contributed by atoms with E-state index >= 15 is 0 Å². The van der Waals surface area contributed by atoms with Gasteiger partial charge in [0.2, 0.25) is 0 Å². The highest BCUT2D eigenvalue weighted by Crippen LogP contribution is 2.46. The maximum Gasteiger partial charge on any atom is 0.190 e. The van der Waals surface area contributed by atoms with Crippen LogP contribution in [0.15, 0.2) is 89.5 Å². The van der Waals surface area contributed by atoms with Gasteiger partial charge >= 0.3 is 0 Å². The molecule has 3 aromatic rings. The molecular weight excluding hydrogens is 314 g/mol. The molecule has 0 aliphatic carbocycles. The van der Waals surface area contributed by atoms with Crippen molar-refractivity contribution in [2.45, 2.75) is 10.1 Å². The second-order valence-corrected chi connectivity index (χ2v) is 6.73. The normalized spacial score (nSPS) is 16.2. The van der Waals surface area contributed by atoms with Crippen molar-refractivity contribution >= 4 is 23.6 Å². The molecule has 1 aliphatic heterocycles. The van der Waals surface area contributed by atoms with Crippen LogP contribution in [0.4, 0.5) is 0 Å². The topological polar surface area (TPSA) is 30.0 Å². The molecular formula is C21H15NOS. The number of hydrogen-bond acceptors (Lipinski definition) is 3. The number of rotatable bonds is 3. The van der Waals surface area contributed by atoms with Gasteiger partial charge in [-0.05, 0) is 29.8 Å². The summed E-state index contributed by atoms with van der Waals surface area (Å²) in [7, 11) is 0. The van der Waals surface area contributed by atoms with Crippen LogP contribution in [0.1, 0.15) is 26.9 Å². The number of fused-ring (bicyclic) bond motifs is 1. The van der Waals surface area contributed by atoms with E-state index in [0.717, 1.165) is 16.8 Å². The second-order valence-electron chi connectivity index (χ2n) is 5.59. The molecule has 2 aromatic carbocycles. The molecule has 0 bridgehead atoms. The van der Waals surface area contributed by atoms with Crippen molar-refractivity contribution in [3.63, 3.8) is 0 Å². The Labute approximate surface area is 145 Å². The number of carbonyl (C=O) groups excluding carboxylic acids is 1. The molecule has 2 nitrogen and oxygen atoms in total. The lowest BCUT2D eigenvalue weighted by atomic mass is 9.96. The number of nitrogens with zero attached hydrogens (tertiary/aromatic N) is 1. The first-order chi connectivity index (χ1) is 11.8. The molecule has 0 N–H and O–H groups in total. The quantitative estimate of drug-likeness (QED) is 0.619. The van der Waals surface area contributed by atoms with Crippen molar-refractivity contribution in [1.29, 1.82) is 0 Å². The molecule has 0 radical (unpaired) electrons. The third-order valence-corrected chi connectivity index (χ3v) is 5.37. The maximum absolute atomic E-state index is 13.1. The average Bonchev–Trinajstić information content (AvgIpc) is 2.68. The summed E-state index contributed by atoms with van der Waals surface area (Å²) in [5.74, 6) is 0.0632. The van der Waals surface area contributed by atoms with E-state index < -0.39 is 0 Å². The SMILES string of the molecule is O=C(C1=Cc2ccccc2SC1c1ccccn1)c1ccccc1. The van der Waals surface area contributed by atoms with Gasteiger partial charge in [0, 0.05) is 22.2 Å². The van der Waals surface area contributed by atoms with E-state index in [2.05, 4.69) is 17.1 Å². The lowest BCUT2D eigenvalue weighted by Crippen LogP contribution is -2.14. The molecule has 1 unspecified atom stereocenters. The first-order valence-electron chi connectivity index (χ1n) is 7.81. The summed E-state index contributed by atoms with van der Waals surface area (Å²) in [6, 6.07) is 23.5. The van der Waals surface area contributed by atoms with Gasteiger partial charge in [-0.2, -0.15) is 0 Å². The highest BCUT2D eigenvalue weighted by molar-refractivity contribution is 8.00. The Morgan fingerprint density at radius 2 is 1.62 bits per heavy atom. The number of carbonyl (C=O) groups is 1. The summed E-state index contributed by atoms with van der Waals surface area (Å²) in [4.78, 5) is 18.8. The lowest BCUT2D eigenvalue weighted by molar-refractivity contribution is 0.103. The number of thioether (sulfide) groups is 1. The summed E-state index contributed by atoms with van der Waals surface area (Å²) in [5, 5.41) is -0.0891. The largest absolute Gasteiger partial charge is 0.289 e. The number of benzene rings is 2. The summed E-state index contributed by atoms with van der Waals surface area (Å²) in [5.41, 5.74) is 3.50. The summed E-state index contributed by atoms with van der Waals surface area (Å²) in [6.45, 7) is 0. The maximum atomic E-state index is 13.1. The van der Waals surface area contributed by atoms with Gasteiger partial charge in [0.15, 0.2) is 5.78 Å². The molecule has 0 saturated heterocycles. The molecule has 0 saturated carbocycles. The van der Waals surface area contributed by atoms with E-state index in [9.17, 15) is 4.79 Å². The van der Waals surface area contributed by atoms with E-state index in [0.29, 0.717) is 5.56 Å². The minimum atomic E-state index is -0.0891.